The first kappa shape index (κ1) is 22.3. The van der Waals surface area contributed by atoms with Crippen LogP contribution in [0.2, 0.25) is 0 Å². The molecule has 0 saturated heterocycles. The Labute approximate surface area is 207 Å². The number of hydrogen-bond donors (Lipinski definition) is 0. The zero-order valence-electron chi connectivity index (χ0n) is 20.3. The summed E-state index contributed by atoms with van der Waals surface area (Å²) in [7, 11) is -0.133. The number of allylic oxidation sites excluding steroid dienone is 1. The highest BCUT2D eigenvalue weighted by Gasteiger charge is 2.36. The van der Waals surface area contributed by atoms with Crippen LogP contribution in [0.5, 0.6) is 0 Å². The smallest absolute Gasteiger partial charge is 0.0358 e. The second kappa shape index (κ2) is 10.2. The average molecular weight is 465 g/mol. The summed E-state index contributed by atoms with van der Waals surface area (Å²) in [5, 5.41) is 1.74. The zero-order valence-corrected chi connectivity index (χ0v) is 21.2. The van der Waals surface area contributed by atoms with Crippen molar-refractivity contribution in [1.29, 1.82) is 0 Å². The van der Waals surface area contributed by atoms with E-state index in [4.69, 9.17) is 0 Å². The Kier molecular flexibility index (Phi) is 6.70. The normalized spacial score (nSPS) is 21.4. The van der Waals surface area contributed by atoms with Crippen molar-refractivity contribution in [3.05, 3.63) is 101 Å². The lowest BCUT2D eigenvalue weighted by Gasteiger charge is -2.40. The first-order chi connectivity index (χ1) is 16.9. The number of rotatable bonds is 5. The van der Waals surface area contributed by atoms with Gasteiger partial charge in [-0.15, -0.1) is 0 Å². The third-order valence-electron chi connectivity index (χ3n) is 8.50. The minimum absolute atomic E-state index is 0.133. The van der Waals surface area contributed by atoms with E-state index in [-0.39, 0.29) is 7.92 Å². The summed E-state index contributed by atoms with van der Waals surface area (Å²) in [6.45, 7) is 0. The van der Waals surface area contributed by atoms with E-state index in [2.05, 4.69) is 84.9 Å². The van der Waals surface area contributed by atoms with Crippen molar-refractivity contribution in [2.45, 2.75) is 81.4 Å². The van der Waals surface area contributed by atoms with Crippen LogP contribution < -0.4 is 5.30 Å². The van der Waals surface area contributed by atoms with Gasteiger partial charge in [-0.3, -0.25) is 0 Å². The predicted octanol–water partition coefficient (Wildman–Crippen LogP) is 9.15. The van der Waals surface area contributed by atoms with Gasteiger partial charge in [0.2, 0.25) is 0 Å². The Morgan fingerprint density at radius 2 is 1.09 bits per heavy atom. The topological polar surface area (TPSA) is 0 Å². The van der Waals surface area contributed by atoms with E-state index in [0.29, 0.717) is 5.92 Å². The lowest BCUT2D eigenvalue weighted by Crippen LogP contribution is -2.28. The minimum Gasteiger partial charge on any atom is -0.0686 e. The number of hydrogen-bond acceptors (Lipinski definition) is 0. The van der Waals surface area contributed by atoms with E-state index in [1.807, 2.05) is 0 Å². The largest absolute Gasteiger partial charge is 0.0686 e. The highest BCUT2D eigenvalue weighted by molar-refractivity contribution is 7.67. The Morgan fingerprint density at radius 3 is 1.76 bits per heavy atom. The van der Waals surface area contributed by atoms with E-state index in [0.717, 1.165) is 11.3 Å². The third-order valence-corrected chi connectivity index (χ3v) is 12.1. The lowest BCUT2D eigenvalue weighted by atomic mass is 9.85. The average Bonchev–Trinajstić information content (AvgIpc) is 3.31. The van der Waals surface area contributed by atoms with Crippen molar-refractivity contribution in [2.24, 2.45) is 0 Å². The molecule has 3 aromatic rings. The van der Waals surface area contributed by atoms with Crippen molar-refractivity contribution in [2.75, 3.05) is 0 Å². The molecule has 1 heteroatoms. The van der Waals surface area contributed by atoms with Gasteiger partial charge < -0.3 is 0 Å². The molecular weight excluding hydrogens is 427 g/mol. The molecular formula is C33H37P. The summed E-state index contributed by atoms with van der Waals surface area (Å²) in [5.41, 5.74) is 9.21. The molecule has 3 aliphatic rings. The summed E-state index contributed by atoms with van der Waals surface area (Å²) in [5.74, 6) is 0.354. The maximum atomic E-state index is 2.55. The predicted molar refractivity (Wildman–Crippen MR) is 149 cm³/mol. The van der Waals surface area contributed by atoms with Crippen LogP contribution >= 0.6 is 7.92 Å². The van der Waals surface area contributed by atoms with Gasteiger partial charge in [-0.2, -0.15) is 0 Å². The van der Waals surface area contributed by atoms with Gasteiger partial charge in [0.15, 0.2) is 0 Å². The molecule has 0 nitrogen and oxygen atoms in total. The monoisotopic (exact) mass is 464 g/mol. The maximum absolute atomic E-state index is 2.55. The Hall–Kier alpha value is -2.17. The molecule has 0 amide bonds. The molecule has 174 valence electrons. The number of benzene rings is 3. The molecule has 0 aromatic heterocycles. The molecule has 1 unspecified atom stereocenters. The van der Waals surface area contributed by atoms with Crippen molar-refractivity contribution < 1.29 is 0 Å². The SMILES string of the molecule is C1=C(c2ccccc2)C(c2ccccc2P(C2CCCCC2)C2CCCCC2)c2ccccc21. The van der Waals surface area contributed by atoms with Crippen LogP contribution in [0.1, 0.15) is 92.4 Å². The molecule has 0 radical (unpaired) electrons. The fourth-order valence-corrected chi connectivity index (χ4v) is 10.9. The summed E-state index contributed by atoms with van der Waals surface area (Å²) in [6.07, 6.45) is 17.0. The van der Waals surface area contributed by atoms with E-state index >= 15 is 0 Å². The van der Waals surface area contributed by atoms with Gasteiger partial charge in [-0.25, -0.2) is 0 Å². The van der Waals surface area contributed by atoms with E-state index < -0.39 is 0 Å². The summed E-state index contributed by atoms with van der Waals surface area (Å²) in [6, 6.07) is 29.9. The van der Waals surface area contributed by atoms with Gasteiger partial charge >= 0.3 is 0 Å². The first-order valence-corrected chi connectivity index (χ1v) is 15.1. The Morgan fingerprint density at radius 1 is 0.529 bits per heavy atom. The summed E-state index contributed by atoms with van der Waals surface area (Å²) in [4.78, 5) is 0. The molecule has 0 spiro atoms. The van der Waals surface area contributed by atoms with Crippen molar-refractivity contribution >= 4 is 24.9 Å². The quantitative estimate of drug-likeness (QED) is 0.330. The second-order valence-electron chi connectivity index (χ2n) is 10.6. The van der Waals surface area contributed by atoms with Crippen molar-refractivity contribution in [3.63, 3.8) is 0 Å². The van der Waals surface area contributed by atoms with Gasteiger partial charge in [-0.05, 0) is 76.2 Å². The van der Waals surface area contributed by atoms with Gasteiger partial charge in [-0.1, -0.05) is 125 Å². The molecule has 3 aromatic carbocycles. The van der Waals surface area contributed by atoms with Crippen molar-refractivity contribution in [1.82, 2.24) is 0 Å². The van der Waals surface area contributed by atoms with E-state index in [1.165, 1.54) is 86.5 Å². The molecule has 0 N–H and O–H groups in total. The molecule has 0 heterocycles. The molecule has 2 fully saturated rings. The Bertz CT molecular complexity index is 1110. The van der Waals surface area contributed by atoms with Gasteiger partial charge in [0.25, 0.3) is 0 Å². The second-order valence-corrected chi connectivity index (χ2v) is 13.3. The maximum Gasteiger partial charge on any atom is 0.0358 e. The van der Waals surface area contributed by atoms with Crippen LogP contribution in [-0.2, 0) is 0 Å². The molecule has 0 bridgehead atoms. The fourth-order valence-electron chi connectivity index (χ4n) is 6.92. The van der Waals surface area contributed by atoms with Gasteiger partial charge in [0.1, 0.15) is 0 Å². The molecule has 2 saturated carbocycles. The zero-order chi connectivity index (χ0) is 22.7. The standard InChI is InChI=1S/C33H37P/c1-4-14-25(15-5-1)31-24-26-16-10-11-21-29(26)33(31)30-22-12-13-23-32(30)34(27-17-6-2-7-18-27)28-19-8-3-9-20-28/h1,4-5,10-16,21-24,27-28,33H,2-3,6-9,17-20H2. The molecule has 0 aliphatic heterocycles. The molecule has 34 heavy (non-hydrogen) atoms. The fraction of sp³-hybridized carbons (Fsp3) is 0.394. The molecule has 6 rings (SSSR count). The van der Waals surface area contributed by atoms with Crippen molar-refractivity contribution in [3.8, 4) is 0 Å². The van der Waals surface area contributed by atoms with Crippen LogP contribution in [0.15, 0.2) is 78.9 Å². The highest BCUT2D eigenvalue weighted by Crippen LogP contribution is 2.57. The Balaban J connectivity index is 1.48. The molecule has 3 aliphatic carbocycles. The van der Waals surface area contributed by atoms with Crippen LogP contribution in [0.25, 0.3) is 11.6 Å². The van der Waals surface area contributed by atoms with Gasteiger partial charge in [0.05, 0.1) is 0 Å². The summed E-state index contributed by atoms with van der Waals surface area (Å²) < 4.78 is 0. The minimum atomic E-state index is -0.133. The molecule has 1 atom stereocenters. The van der Waals surface area contributed by atoms with Crippen LogP contribution in [0.3, 0.4) is 0 Å². The highest BCUT2D eigenvalue weighted by atomic mass is 31.1. The van der Waals surface area contributed by atoms with Crippen LogP contribution in [0.4, 0.5) is 0 Å². The number of fused-ring (bicyclic) bond motifs is 1. The van der Waals surface area contributed by atoms with E-state index in [1.54, 1.807) is 10.9 Å². The van der Waals surface area contributed by atoms with Gasteiger partial charge in [0, 0.05) is 5.92 Å². The summed E-state index contributed by atoms with van der Waals surface area (Å²) >= 11 is 0. The first-order valence-electron chi connectivity index (χ1n) is 13.6. The van der Waals surface area contributed by atoms with Crippen LogP contribution in [-0.4, -0.2) is 11.3 Å². The van der Waals surface area contributed by atoms with E-state index in [9.17, 15) is 0 Å². The third kappa shape index (κ3) is 4.31. The van der Waals surface area contributed by atoms with Crippen LogP contribution in [0, 0.1) is 0 Å². The lowest BCUT2D eigenvalue weighted by molar-refractivity contribution is 0.487.